The van der Waals surface area contributed by atoms with Gasteiger partial charge in [0.15, 0.2) is 0 Å². The molecule has 2 N–H and O–H groups in total. The molecule has 2 aromatic rings. The van der Waals surface area contributed by atoms with Gasteiger partial charge in [-0.3, -0.25) is 9.59 Å². The molecule has 4 nitrogen and oxygen atoms in total. The van der Waals surface area contributed by atoms with Gasteiger partial charge in [-0.2, -0.15) is 0 Å². The molecule has 1 heterocycles. The third kappa shape index (κ3) is 2.79. The number of carbonyl (C=O) groups excluding carboxylic acids is 1. The number of hydrogen-bond acceptors (Lipinski definition) is 2. The van der Waals surface area contributed by atoms with Gasteiger partial charge in [-0.25, -0.2) is 4.39 Å². The van der Waals surface area contributed by atoms with E-state index in [9.17, 15) is 14.0 Å². The number of rotatable bonds is 3. The van der Waals surface area contributed by atoms with Crippen LogP contribution in [-0.2, 0) is 5.54 Å². The Morgan fingerprint density at radius 2 is 1.77 bits per heavy atom. The minimum Gasteiger partial charge on any atom is -0.342 e. The van der Waals surface area contributed by atoms with Crippen LogP contribution in [0.2, 0.25) is 0 Å². The fourth-order valence-corrected chi connectivity index (χ4v) is 3.07. The molecule has 1 saturated carbocycles. The molecule has 1 aliphatic rings. The lowest BCUT2D eigenvalue weighted by atomic mass is 9.88. The molecule has 0 aliphatic heterocycles. The summed E-state index contributed by atoms with van der Waals surface area (Å²) in [5.41, 5.74) is 0.629. The molecule has 0 spiro atoms. The lowest BCUT2D eigenvalue weighted by Gasteiger charge is -2.31. The first-order chi connectivity index (χ1) is 10.6. The van der Waals surface area contributed by atoms with Crippen molar-refractivity contribution in [1.29, 1.82) is 0 Å². The lowest BCUT2D eigenvalue weighted by Crippen LogP contribution is -2.43. The highest BCUT2D eigenvalue weighted by atomic mass is 19.1. The van der Waals surface area contributed by atoms with E-state index >= 15 is 0 Å². The number of pyridine rings is 1. The summed E-state index contributed by atoms with van der Waals surface area (Å²) < 4.78 is 13.1. The first-order valence-electron chi connectivity index (χ1n) is 7.36. The maximum atomic E-state index is 13.1. The van der Waals surface area contributed by atoms with Gasteiger partial charge in [0.05, 0.1) is 11.1 Å². The van der Waals surface area contributed by atoms with Crippen LogP contribution in [0.4, 0.5) is 4.39 Å². The van der Waals surface area contributed by atoms with Crippen LogP contribution in [0.3, 0.4) is 0 Å². The number of aromatic nitrogens is 1. The molecule has 5 heteroatoms. The van der Waals surface area contributed by atoms with E-state index in [1.54, 1.807) is 12.1 Å². The van der Waals surface area contributed by atoms with Crippen LogP contribution in [0.1, 0.15) is 41.6 Å². The molecule has 0 unspecified atom stereocenters. The van der Waals surface area contributed by atoms with E-state index in [0.29, 0.717) is 5.56 Å². The molecule has 1 aromatic heterocycles. The third-order valence-corrected chi connectivity index (χ3v) is 4.25. The quantitative estimate of drug-likeness (QED) is 0.915. The van der Waals surface area contributed by atoms with Crippen molar-refractivity contribution in [2.45, 2.75) is 31.2 Å². The summed E-state index contributed by atoms with van der Waals surface area (Å²) in [4.78, 5) is 26.0. The fourth-order valence-electron chi connectivity index (χ4n) is 3.07. The molecular weight excluding hydrogens is 283 g/mol. The monoisotopic (exact) mass is 300 g/mol. The number of amides is 1. The Labute approximate surface area is 127 Å². The van der Waals surface area contributed by atoms with Gasteiger partial charge in [0.2, 0.25) is 5.56 Å². The summed E-state index contributed by atoms with van der Waals surface area (Å²) in [6.45, 7) is 0. The number of benzene rings is 1. The van der Waals surface area contributed by atoms with E-state index in [1.165, 1.54) is 30.5 Å². The largest absolute Gasteiger partial charge is 0.342 e. The van der Waals surface area contributed by atoms with Gasteiger partial charge < -0.3 is 10.3 Å². The van der Waals surface area contributed by atoms with Crippen molar-refractivity contribution >= 4 is 5.91 Å². The summed E-state index contributed by atoms with van der Waals surface area (Å²) >= 11 is 0. The van der Waals surface area contributed by atoms with Gasteiger partial charge in [0.1, 0.15) is 5.82 Å². The normalized spacial score (nSPS) is 16.4. The van der Waals surface area contributed by atoms with Crippen LogP contribution in [0.25, 0.3) is 0 Å². The third-order valence-electron chi connectivity index (χ3n) is 4.25. The molecular formula is C17H17FN2O2. The number of nitrogens with one attached hydrogen (secondary N) is 2. The predicted molar refractivity (Wildman–Crippen MR) is 81.1 cm³/mol. The summed E-state index contributed by atoms with van der Waals surface area (Å²) in [7, 11) is 0. The number of carbonyl (C=O) groups is 1. The van der Waals surface area contributed by atoms with Crippen molar-refractivity contribution < 1.29 is 9.18 Å². The number of H-pyrrole nitrogens is 1. The minimum atomic E-state index is -0.457. The van der Waals surface area contributed by atoms with Crippen molar-refractivity contribution in [3.8, 4) is 0 Å². The second-order valence-electron chi connectivity index (χ2n) is 5.69. The average molecular weight is 300 g/mol. The van der Waals surface area contributed by atoms with Crippen LogP contribution < -0.4 is 10.9 Å². The molecule has 3 rings (SSSR count). The predicted octanol–water partition coefficient (Wildman–Crippen LogP) is 2.71. The maximum Gasteiger partial charge on any atom is 0.253 e. The lowest BCUT2D eigenvalue weighted by molar-refractivity contribution is 0.0898. The van der Waals surface area contributed by atoms with E-state index in [-0.39, 0.29) is 17.3 Å². The van der Waals surface area contributed by atoms with Crippen molar-refractivity contribution in [3.63, 3.8) is 0 Å². The Balaban J connectivity index is 1.88. The zero-order valence-corrected chi connectivity index (χ0v) is 12.1. The summed E-state index contributed by atoms with van der Waals surface area (Å²) in [6.07, 6.45) is 5.10. The maximum absolute atomic E-state index is 13.1. The average Bonchev–Trinajstić information content (AvgIpc) is 2.98. The highest BCUT2D eigenvalue weighted by Gasteiger charge is 2.37. The van der Waals surface area contributed by atoms with Gasteiger partial charge in [-0.15, -0.1) is 0 Å². The molecule has 0 saturated heterocycles. The highest BCUT2D eigenvalue weighted by Crippen LogP contribution is 2.39. The molecule has 0 atom stereocenters. The van der Waals surface area contributed by atoms with E-state index in [1.807, 2.05) is 0 Å². The molecule has 0 bridgehead atoms. The highest BCUT2D eigenvalue weighted by molar-refractivity contribution is 5.94. The SMILES string of the molecule is O=C(NC1(c2ccc(F)cc2)CCCC1)c1ccc(=O)[nH]c1. The molecule has 114 valence electrons. The fraction of sp³-hybridized carbons (Fsp3) is 0.294. The Kier molecular flexibility index (Phi) is 3.79. The molecule has 22 heavy (non-hydrogen) atoms. The van der Waals surface area contributed by atoms with Gasteiger partial charge in [0, 0.05) is 12.3 Å². The summed E-state index contributed by atoms with van der Waals surface area (Å²) in [5, 5.41) is 3.08. The Morgan fingerprint density at radius 3 is 2.36 bits per heavy atom. The Morgan fingerprint density at radius 1 is 1.09 bits per heavy atom. The minimum absolute atomic E-state index is 0.234. The van der Waals surface area contributed by atoms with Crippen LogP contribution in [-0.4, -0.2) is 10.9 Å². The van der Waals surface area contributed by atoms with Crippen molar-refractivity contribution in [1.82, 2.24) is 10.3 Å². The molecule has 1 amide bonds. The zero-order chi connectivity index (χ0) is 15.6. The van der Waals surface area contributed by atoms with Crippen molar-refractivity contribution in [2.75, 3.05) is 0 Å². The van der Waals surface area contributed by atoms with Gasteiger partial charge >= 0.3 is 0 Å². The second-order valence-corrected chi connectivity index (χ2v) is 5.69. The second kappa shape index (κ2) is 5.75. The topological polar surface area (TPSA) is 62.0 Å². The van der Waals surface area contributed by atoms with Gasteiger partial charge in [-0.1, -0.05) is 25.0 Å². The van der Waals surface area contributed by atoms with Crippen molar-refractivity contribution in [2.24, 2.45) is 0 Å². The number of halogens is 1. The van der Waals surface area contributed by atoms with Crippen LogP contribution >= 0.6 is 0 Å². The summed E-state index contributed by atoms with van der Waals surface area (Å²) in [5.74, 6) is -0.522. The molecule has 0 radical (unpaired) electrons. The van der Waals surface area contributed by atoms with Gasteiger partial charge in [-0.05, 0) is 36.6 Å². The van der Waals surface area contributed by atoms with Crippen LogP contribution in [0.5, 0.6) is 0 Å². The molecule has 1 fully saturated rings. The number of aromatic amines is 1. The Bertz CT molecular complexity index is 711. The standard InChI is InChI=1S/C17H17FN2O2/c18-14-6-4-13(5-7-14)17(9-1-2-10-17)20-16(22)12-3-8-15(21)19-11-12/h3-8,11H,1-2,9-10H2,(H,19,21)(H,20,22). The molecule has 1 aromatic carbocycles. The smallest absolute Gasteiger partial charge is 0.253 e. The van der Waals surface area contributed by atoms with Gasteiger partial charge in [0.25, 0.3) is 5.91 Å². The van der Waals surface area contributed by atoms with E-state index in [2.05, 4.69) is 10.3 Å². The molecule has 1 aliphatic carbocycles. The van der Waals surface area contributed by atoms with Crippen LogP contribution in [0.15, 0.2) is 47.4 Å². The first-order valence-corrected chi connectivity index (χ1v) is 7.36. The van der Waals surface area contributed by atoms with E-state index < -0.39 is 5.54 Å². The number of hydrogen-bond donors (Lipinski definition) is 2. The van der Waals surface area contributed by atoms with E-state index in [4.69, 9.17) is 0 Å². The summed E-state index contributed by atoms with van der Waals surface area (Å²) in [6, 6.07) is 9.13. The van der Waals surface area contributed by atoms with Crippen LogP contribution in [0, 0.1) is 5.82 Å². The Hall–Kier alpha value is -2.43. The first kappa shape index (κ1) is 14.5. The van der Waals surface area contributed by atoms with E-state index in [0.717, 1.165) is 31.2 Å². The zero-order valence-electron chi connectivity index (χ0n) is 12.1. The van der Waals surface area contributed by atoms with Crippen molar-refractivity contribution in [3.05, 3.63) is 69.9 Å².